The summed E-state index contributed by atoms with van der Waals surface area (Å²) in [6.45, 7) is 0. The lowest BCUT2D eigenvalue weighted by Crippen LogP contribution is -2.05. The molecule has 0 aliphatic rings. The third-order valence-electron chi connectivity index (χ3n) is 6.14. The molecule has 0 radical (unpaired) electrons. The third-order valence-corrected chi connectivity index (χ3v) is 6.14. The number of nitrogens with zero attached hydrogens (tertiary/aromatic N) is 6. The van der Waals surface area contributed by atoms with E-state index in [2.05, 4.69) is 30.2 Å². The molecule has 0 spiro atoms. The summed E-state index contributed by atoms with van der Waals surface area (Å²) in [6, 6.07) is 25.5. The van der Waals surface area contributed by atoms with E-state index in [1.807, 2.05) is 12.1 Å². The number of carbonyl (C=O) groups excluding carboxylic acids is 2. The van der Waals surface area contributed by atoms with Crippen LogP contribution in [-0.4, -0.2) is 43.6 Å². The van der Waals surface area contributed by atoms with E-state index >= 15 is 0 Å². The highest BCUT2D eigenvalue weighted by molar-refractivity contribution is 5.97. The molecule has 0 saturated heterocycles. The van der Waals surface area contributed by atoms with Crippen LogP contribution < -0.4 is 17.0 Å². The Labute approximate surface area is 280 Å². The van der Waals surface area contributed by atoms with Gasteiger partial charge in [0, 0.05) is 60.1 Å². The first kappa shape index (κ1) is 36.6. The van der Waals surface area contributed by atoms with Gasteiger partial charge in [0.2, 0.25) is 0 Å². The smallest absolute Gasteiger partial charge is 0.337 e. The van der Waals surface area contributed by atoms with Gasteiger partial charge < -0.3 is 15.9 Å². The number of hydrazine groups is 1. The van der Waals surface area contributed by atoms with E-state index in [1.165, 1.54) is 43.8 Å². The van der Waals surface area contributed by atoms with E-state index in [0.29, 0.717) is 22.6 Å². The molecule has 0 aliphatic heterocycles. The number of nitriles is 1. The molecule has 4 aromatic heterocycles. The van der Waals surface area contributed by atoms with Crippen LogP contribution in [0.2, 0.25) is 0 Å². The molecule has 0 aliphatic carbocycles. The van der Waals surface area contributed by atoms with E-state index < -0.39 is 0 Å². The predicted octanol–water partition coefficient (Wildman–Crippen LogP) is 5.81. The predicted molar refractivity (Wildman–Crippen MR) is 180 cm³/mol. The fraction of sp³-hybridized carbons (Fsp3) is 0.0571. The van der Waals surface area contributed by atoms with Gasteiger partial charge in [0.1, 0.15) is 17.5 Å². The number of methoxy groups -OCH3 is 1. The van der Waals surface area contributed by atoms with Crippen LogP contribution >= 0.6 is 0 Å². The summed E-state index contributed by atoms with van der Waals surface area (Å²) in [5.74, 6) is 4.49. The molecule has 4 heterocycles. The van der Waals surface area contributed by atoms with Crippen LogP contribution in [0.25, 0.3) is 16.9 Å². The molecule has 0 amide bonds. The van der Waals surface area contributed by atoms with E-state index in [0.717, 1.165) is 16.9 Å². The fourth-order valence-corrected chi connectivity index (χ4v) is 3.71. The van der Waals surface area contributed by atoms with Crippen molar-refractivity contribution in [2.75, 3.05) is 18.3 Å². The highest BCUT2D eigenvalue weighted by Crippen LogP contribution is 2.22. The van der Waals surface area contributed by atoms with Crippen molar-refractivity contribution in [1.82, 2.24) is 24.7 Å². The number of halogens is 2. The van der Waals surface area contributed by atoms with Crippen molar-refractivity contribution in [3.63, 3.8) is 0 Å². The average Bonchev–Trinajstić information content (AvgIpc) is 3.55. The molecule has 0 bridgehead atoms. The van der Waals surface area contributed by atoms with Crippen LogP contribution in [0.4, 0.5) is 20.3 Å². The Bertz CT molecular complexity index is 1920. The van der Waals surface area contributed by atoms with Crippen molar-refractivity contribution in [3.8, 4) is 23.0 Å². The minimum atomic E-state index is -0.331. The Morgan fingerprint density at radius 1 is 0.796 bits per heavy atom. The van der Waals surface area contributed by atoms with E-state index in [1.54, 1.807) is 90.1 Å². The number of nitrogens with one attached hydrogen (secondary N) is 1. The molecule has 0 saturated carbocycles. The van der Waals surface area contributed by atoms with Gasteiger partial charge >= 0.3 is 5.97 Å². The largest absolute Gasteiger partial charge is 0.465 e. The molecule has 12 nitrogen and oxygen atoms in total. The molecule has 248 valence electrons. The lowest BCUT2D eigenvalue weighted by molar-refractivity contribution is 0.0600. The zero-order valence-corrected chi connectivity index (χ0v) is 26.2. The molecule has 14 heteroatoms. The van der Waals surface area contributed by atoms with Gasteiger partial charge in [0.15, 0.2) is 5.78 Å². The zero-order valence-electron chi connectivity index (χ0n) is 26.2. The topological polar surface area (TPSA) is 188 Å². The molecule has 0 atom stereocenters. The molecule has 6 aromatic rings. The van der Waals surface area contributed by atoms with E-state index in [-0.39, 0.29) is 29.8 Å². The number of nitrogen functional groups attached to an aromatic ring is 2. The lowest BCUT2D eigenvalue weighted by atomic mass is 10.1. The number of ether oxygens (including phenoxy) is 1. The molecular weight excluding hydrogens is 632 g/mol. The summed E-state index contributed by atoms with van der Waals surface area (Å²) in [6.07, 6.45) is 9.49. The van der Waals surface area contributed by atoms with Crippen LogP contribution in [0, 0.1) is 23.0 Å². The quantitative estimate of drug-likeness (QED) is 0.0844. The molecule has 0 fully saturated rings. The van der Waals surface area contributed by atoms with Gasteiger partial charge in [-0.3, -0.25) is 25.6 Å². The summed E-state index contributed by atoms with van der Waals surface area (Å²) >= 11 is 0. The molecule has 5 N–H and O–H groups in total. The first-order valence-corrected chi connectivity index (χ1v) is 14.3. The normalized spacial score (nSPS) is 9.53. The van der Waals surface area contributed by atoms with Crippen molar-refractivity contribution in [3.05, 3.63) is 151 Å². The number of ketones is 1. The number of rotatable bonds is 6. The molecule has 0 unspecified atom stereocenters. The Hall–Kier alpha value is -6.85. The van der Waals surface area contributed by atoms with Gasteiger partial charge in [0.05, 0.1) is 36.5 Å². The number of Topliss-reactive ketones (excluding diaryl/α,β-unsaturated/α-hetero) is 1. The number of hydrogen-bond acceptors (Lipinski definition) is 11. The van der Waals surface area contributed by atoms with Crippen molar-refractivity contribution >= 4 is 23.3 Å². The number of aromatic nitrogens is 5. The van der Waals surface area contributed by atoms with E-state index in [9.17, 15) is 18.4 Å². The minimum Gasteiger partial charge on any atom is -0.465 e. The highest BCUT2D eigenvalue weighted by Gasteiger charge is 2.09. The van der Waals surface area contributed by atoms with Crippen molar-refractivity contribution < 1.29 is 23.1 Å². The maximum absolute atomic E-state index is 12.9. The molecule has 6 rings (SSSR count). The third kappa shape index (κ3) is 12.1. The maximum atomic E-state index is 12.9. The summed E-state index contributed by atoms with van der Waals surface area (Å²) in [7, 11) is 1.35. The average molecular weight is 664 g/mol. The Balaban J connectivity index is 0.000000188. The summed E-state index contributed by atoms with van der Waals surface area (Å²) in [4.78, 5) is 33.2. The number of pyridine rings is 3. The summed E-state index contributed by atoms with van der Waals surface area (Å²) in [5, 5.41) is 12.6. The van der Waals surface area contributed by atoms with Crippen LogP contribution in [-0.2, 0) is 4.74 Å². The van der Waals surface area contributed by atoms with Gasteiger partial charge in [-0.05, 0) is 84.9 Å². The van der Waals surface area contributed by atoms with Gasteiger partial charge in [-0.2, -0.15) is 10.4 Å². The highest BCUT2D eigenvalue weighted by atomic mass is 19.1. The standard InChI is InChI=1S/C14H11FN4.C8H6N2O.C7H7NO2.C6H7FN2/c15-11-1-3-12(4-2-11)19-14(16)9-13(18-19)10-5-7-17-8-6-10;9-4-1-8(11)7-2-5-10-6-3-7;1-10-7(9)6-2-4-8-5-3-6;7-5-1-3-6(9-8)4-2-5/h1-9H,16H2;2-3,5-6H,1H2;2-5H,1H3;1-4,9H,8H2. The number of anilines is 2. The summed E-state index contributed by atoms with van der Waals surface area (Å²) in [5.41, 5.74) is 12.5. The molecule has 2 aromatic carbocycles. The first-order valence-electron chi connectivity index (χ1n) is 14.3. The number of nitrogens with two attached hydrogens (primary N) is 2. The minimum absolute atomic E-state index is 0.0655. The molecule has 49 heavy (non-hydrogen) atoms. The number of hydrogen-bond donors (Lipinski definition) is 3. The molecular formula is C35H31F2N9O3. The maximum Gasteiger partial charge on any atom is 0.337 e. The van der Waals surface area contributed by atoms with Gasteiger partial charge in [-0.25, -0.2) is 18.3 Å². The van der Waals surface area contributed by atoms with Crippen molar-refractivity contribution in [1.29, 1.82) is 5.26 Å². The second-order valence-corrected chi connectivity index (χ2v) is 9.45. The van der Waals surface area contributed by atoms with Crippen LogP contribution in [0.15, 0.2) is 128 Å². The fourth-order valence-electron chi connectivity index (χ4n) is 3.71. The first-order chi connectivity index (χ1) is 23.7. The Morgan fingerprint density at radius 3 is 1.78 bits per heavy atom. The van der Waals surface area contributed by atoms with E-state index in [4.69, 9.17) is 16.8 Å². The number of benzene rings is 2. The SMILES string of the molecule is COC(=O)c1ccncc1.N#CCC(=O)c1ccncc1.NNc1ccc(F)cc1.Nc1cc(-c2ccncc2)nn1-c1ccc(F)cc1. The van der Waals surface area contributed by atoms with Gasteiger partial charge in [0.25, 0.3) is 0 Å². The Morgan fingerprint density at radius 2 is 1.29 bits per heavy atom. The van der Waals surface area contributed by atoms with Gasteiger partial charge in [-0.1, -0.05) is 0 Å². The zero-order chi connectivity index (χ0) is 35.4. The summed E-state index contributed by atoms with van der Waals surface area (Å²) < 4.78 is 31.1. The van der Waals surface area contributed by atoms with Crippen molar-refractivity contribution in [2.24, 2.45) is 5.84 Å². The van der Waals surface area contributed by atoms with Crippen LogP contribution in [0.3, 0.4) is 0 Å². The second kappa shape index (κ2) is 19.6. The van der Waals surface area contributed by atoms with Gasteiger partial charge in [-0.15, -0.1) is 0 Å². The number of carbonyl (C=O) groups is 2. The monoisotopic (exact) mass is 663 g/mol. The van der Waals surface area contributed by atoms with Crippen LogP contribution in [0.1, 0.15) is 27.1 Å². The number of esters is 1. The Kier molecular flexibility index (Phi) is 14.7. The lowest BCUT2D eigenvalue weighted by Gasteiger charge is -2.03. The second-order valence-electron chi connectivity index (χ2n) is 9.45. The van der Waals surface area contributed by atoms with Crippen LogP contribution in [0.5, 0.6) is 0 Å². The van der Waals surface area contributed by atoms with Crippen molar-refractivity contribution in [2.45, 2.75) is 6.42 Å².